The van der Waals surface area contributed by atoms with Crippen LogP contribution in [-0.2, 0) is 0 Å². The van der Waals surface area contributed by atoms with E-state index in [9.17, 15) is 9.90 Å². The van der Waals surface area contributed by atoms with Crippen LogP contribution in [0.25, 0.3) is 0 Å². The van der Waals surface area contributed by atoms with Crippen LogP contribution in [-0.4, -0.2) is 29.5 Å². The van der Waals surface area contributed by atoms with Gasteiger partial charge in [0.25, 0.3) is 5.91 Å². The Kier molecular flexibility index (Phi) is 3.55. The van der Waals surface area contributed by atoms with E-state index in [1.54, 1.807) is 25.2 Å². The largest absolute Gasteiger partial charge is 0.505 e. The third kappa shape index (κ3) is 2.53. The number of hydrogen-bond donors (Lipinski definition) is 2. The van der Waals surface area contributed by atoms with E-state index >= 15 is 0 Å². The van der Waals surface area contributed by atoms with Gasteiger partial charge in [0.15, 0.2) is 5.75 Å². The number of carbonyl (C=O) groups excluding carboxylic acids is 1. The number of phenols is 1. The van der Waals surface area contributed by atoms with E-state index in [1.165, 1.54) is 4.90 Å². The molecule has 0 aliphatic heterocycles. The van der Waals surface area contributed by atoms with E-state index in [2.05, 4.69) is 6.58 Å². The molecule has 1 rings (SSSR count). The summed E-state index contributed by atoms with van der Waals surface area (Å²) in [5.74, 6) is -0.436. The van der Waals surface area contributed by atoms with E-state index < -0.39 is 0 Å². The van der Waals surface area contributed by atoms with Crippen molar-refractivity contribution in [3.8, 4) is 5.75 Å². The van der Waals surface area contributed by atoms with Crippen molar-refractivity contribution in [1.82, 2.24) is 4.90 Å². The normalized spacial score (nSPS) is 9.88. The van der Waals surface area contributed by atoms with Crippen LogP contribution in [0, 0.1) is 0 Å². The highest BCUT2D eigenvalue weighted by Gasteiger charge is 2.16. The van der Waals surface area contributed by atoms with Crippen LogP contribution in [0.5, 0.6) is 5.75 Å². The third-order valence-electron chi connectivity index (χ3n) is 2.15. The number of rotatable bonds is 3. The van der Waals surface area contributed by atoms with Crippen molar-refractivity contribution >= 4 is 11.6 Å². The first-order valence-electron chi connectivity index (χ1n) is 4.90. The molecular weight excluding hydrogens is 204 g/mol. The van der Waals surface area contributed by atoms with Crippen LogP contribution >= 0.6 is 0 Å². The lowest BCUT2D eigenvalue weighted by atomic mass is 10.1. The van der Waals surface area contributed by atoms with Crippen molar-refractivity contribution in [3.05, 3.63) is 35.9 Å². The molecule has 86 valence electrons. The summed E-state index contributed by atoms with van der Waals surface area (Å²) < 4.78 is 0. The van der Waals surface area contributed by atoms with E-state index in [1.807, 2.05) is 6.92 Å². The molecular formula is C12H16N2O2. The molecule has 0 radical (unpaired) electrons. The number of phenolic OH excluding ortho intramolecular Hbond substituents is 1. The van der Waals surface area contributed by atoms with Crippen molar-refractivity contribution in [3.63, 3.8) is 0 Å². The molecule has 0 bridgehead atoms. The van der Waals surface area contributed by atoms with Crippen molar-refractivity contribution in [2.24, 2.45) is 0 Å². The Morgan fingerprint density at radius 3 is 2.75 bits per heavy atom. The second-order valence-corrected chi connectivity index (χ2v) is 3.86. The summed E-state index contributed by atoms with van der Waals surface area (Å²) in [5, 5.41) is 9.66. The van der Waals surface area contributed by atoms with Crippen LogP contribution in [0.2, 0.25) is 0 Å². The number of anilines is 1. The van der Waals surface area contributed by atoms with Gasteiger partial charge in [-0.15, -0.1) is 0 Å². The average Bonchev–Trinajstić information content (AvgIpc) is 2.20. The van der Waals surface area contributed by atoms with Gasteiger partial charge in [-0.05, 0) is 19.1 Å². The lowest BCUT2D eigenvalue weighted by Gasteiger charge is -2.18. The number of aromatic hydroxyl groups is 1. The van der Waals surface area contributed by atoms with Crippen LogP contribution < -0.4 is 5.73 Å². The molecule has 0 heterocycles. The molecule has 0 spiro atoms. The van der Waals surface area contributed by atoms with Gasteiger partial charge in [0, 0.05) is 13.6 Å². The maximum atomic E-state index is 11.9. The molecule has 1 aromatic carbocycles. The number of carbonyl (C=O) groups is 1. The van der Waals surface area contributed by atoms with Crippen molar-refractivity contribution in [2.45, 2.75) is 6.92 Å². The van der Waals surface area contributed by atoms with Crippen LogP contribution in [0.1, 0.15) is 17.3 Å². The minimum atomic E-state index is -0.271. The van der Waals surface area contributed by atoms with E-state index in [4.69, 9.17) is 5.73 Å². The first-order valence-corrected chi connectivity index (χ1v) is 4.90. The van der Waals surface area contributed by atoms with Gasteiger partial charge in [-0.1, -0.05) is 18.2 Å². The van der Waals surface area contributed by atoms with Crippen LogP contribution in [0.4, 0.5) is 5.69 Å². The lowest BCUT2D eigenvalue weighted by molar-refractivity contribution is 0.0804. The zero-order valence-electron chi connectivity index (χ0n) is 9.53. The number of para-hydroxylation sites is 1. The monoisotopic (exact) mass is 220 g/mol. The minimum Gasteiger partial charge on any atom is -0.505 e. The van der Waals surface area contributed by atoms with E-state index in [-0.39, 0.29) is 22.9 Å². The Morgan fingerprint density at radius 2 is 2.19 bits per heavy atom. The number of hydrogen-bond acceptors (Lipinski definition) is 3. The fourth-order valence-electron chi connectivity index (χ4n) is 1.42. The maximum Gasteiger partial charge on any atom is 0.257 e. The van der Waals surface area contributed by atoms with E-state index in [0.29, 0.717) is 6.54 Å². The SMILES string of the molecule is C=C(C)CN(C)C(=O)c1cccc(N)c1O. The van der Waals surface area contributed by atoms with Crippen LogP contribution in [0.15, 0.2) is 30.4 Å². The Balaban J connectivity index is 2.96. The van der Waals surface area contributed by atoms with Gasteiger partial charge in [-0.3, -0.25) is 4.79 Å². The highest BCUT2D eigenvalue weighted by molar-refractivity contribution is 5.98. The third-order valence-corrected chi connectivity index (χ3v) is 2.15. The fraction of sp³-hybridized carbons (Fsp3) is 0.250. The highest BCUT2D eigenvalue weighted by atomic mass is 16.3. The predicted octanol–water partition coefficient (Wildman–Crippen LogP) is 1.62. The molecule has 16 heavy (non-hydrogen) atoms. The van der Waals surface area contributed by atoms with E-state index in [0.717, 1.165) is 5.57 Å². The Morgan fingerprint density at radius 1 is 1.56 bits per heavy atom. The summed E-state index contributed by atoms with van der Waals surface area (Å²) in [6.07, 6.45) is 0. The zero-order chi connectivity index (χ0) is 12.3. The molecule has 0 aromatic heterocycles. The first kappa shape index (κ1) is 12.1. The smallest absolute Gasteiger partial charge is 0.257 e. The van der Waals surface area contributed by atoms with Gasteiger partial charge in [0.1, 0.15) is 0 Å². The molecule has 0 unspecified atom stereocenters. The topological polar surface area (TPSA) is 66.6 Å². The summed E-state index contributed by atoms with van der Waals surface area (Å²) in [4.78, 5) is 13.4. The summed E-state index contributed by atoms with van der Waals surface area (Å²) in [6, 6.07) is 4.73. The van der Waals surface area contributed by atoms with Crippen LogP contribution in [0.3, 0.4) is 0 Å². The molecule has 4 nitrogen and oxygen atoms in total. The fourth-order valence-corrected chi connectivity index (χ4v) is 1.42. The molecule has 0 aliphatic rings. The zero-order valence-corrected chi connectivity index (χ0v) is 9.53. The van der Waals surface area contributed by atoms with Crippen molar-refractivity contribution < 1.29 is 9.90 Å². The number of benzene rings is 1. The quantitative estimate of drug-likeness (QED) is 0.462. The molecule has 0 saturated carbocycles. The Bertz CT molecular complexity index is 427. The van der Waals surface area contributed by atoms with Gasteiger partial charge in [0.2, 0.25) is 0 Å². The first-order chi connectivity index (χ1) is 7.43. The Labute approximate surface area is 95.0 Å². The molecule has 0 atom stereocenters. The number of nitrogens with zero attached hydrogens (tertiary/aromatic N) is 1. The summed E-state index contributed by atoms with van der Waals surface area (Å²) in [5.41, 5.74) is 6.81. The summed E-state index contributed by atoms with van der Waals surface area (Å²) in [6.45, 7) is 6.02. The van der Waals surface area contributed by atoms with Gasteiger partial charge < -0.3 is 15.7 Å². The Hall–Kier alpha value is -1.97. The van der Waals surface area contributed by atoms with Gasteiger partial charge in [0.05, 0.1) is 11.3 Å². The molecule has 3 N–H and O–H groups in total. The molecule has 1 amide bonds. The summed E-state index contributed by atoms with van der Waals surface area (Å²) >= 11 is 0. The number of likely N-dealkylation sites (N-methyl/N-ethyl adjacent to an activating group) is 1. The lowest BCUT2D eigenvalue weighted by Crippen LogP contribution is -2.28. The number of amides is 1. The number of nitrogen functional groups attached to an aromatic ring is 1. The van der Waals surface area contributed by atoms with Gasteiger partial charge in [-0.25, -0.2) is 0 Å². The van der Waals surface area contributed by atoms with Crippen molar-refractivity contribution in [1.29, 1.82) is 0 Å². The molecule has 0 aliphatic carbocycles. The molecule has 0 fully saturated rings. The number of nitrogens with two attached hydrogens (primary N) is 1. The minimum absolute atomic E-state index is 0.166. The van der Waals surface area contributed by atoms with Gasteiger partial charge in [-0.2, -0.15) is 0 Å². The molecule has 4 heteroatoms. The second kappa shape index (κ2) is 4.70. The predicted molar refractivity (Wildman–Crippen MR) is 64.3 cm³/mol. The second-order valence-electron chi connectivity index (χ2n) is 3.86. The molecule has 0 saturated heterocycles. The summed E-state index contributed by atoms with van der Waals surface area (Å²) in [7, 11) is 1.65. The van der Waals surface area contributed by atoms with Gasteiger partial charge >= 0.3 is 0 Å². The average molecular weight is 220 g/mol. The van der Waals surface area contributed by atoms with Crippen molar-refractivity contribution in [2.75, 3.05) is 19.3 Å². The molecule has 1 aromatic rings. The maximum absolute atomic E-state index is 11.9. The standard InChI is InChI=1S/C12H16N2O2/c1-8(2)7-14(3)12(16)9-5-4-6-10(13)11(9)15/h4-6,15H,1,7,13H2,2-3H3. The highest BCUT2D eigenvalue weighted by Crippen LogP contribution is 2.25.